The number of hydrogen-bond acceptors (Lipinski definition) is 5. The van der Waals surface area contributed by atoms with E-state index in [4.69, 9.17) is 28.2 Å². The number of aryl methyl sites for hydroxylation is 4. The van der Waals surface area contributed by atoms with E-state index in [0.29, 0.717) is 31.1 Å². The van der Waals surface area contributed by atoms with Crippen molar-refractivity contribution in [3.8, 4) is 5.69 Å². The van der Waals surface area contributed by atoms with E-state index in [-0.39, 0.29) is 17.2 Å². The van der Waals surface area contributed by atoms with Crippen LogP contribution in [0.3, 0.4) is 0 Å². The van der Waals surface area contributed by atoms with Crippen LogP contribution in [0.25, 0.3) is 15.9 Å². The lowest BCUT2D eigenvalue weighted by atomic mass is 10.1. The second-order valence-corrected chi connectivity index (χ2v) is 11.2. The highest BCUT2D eigenvalue weighted by Crippen LogP contribution is 2.31. The number of rotatable bonds is 7. The minimum absolute atomic E-state index is 0.0786. The van der Waals surface area contributed by atoms with Crippen LogP contribution in [0.5, 0.6) is 0 Å². The van der Waals surface area contributed by atoms with Gasteiger partial charge in [0.05, 0.1) is 26.9 Å². The summed E-state index contributed by atoms with van der Waals surface area (Å²) in [7, 11) is 0. The lowest BCUT2D eigenvalue weighted by Crippen LogP contribution is -2.23. The molecule has 2 heterocycles. The van der Waals surface area contributed by atoms with E-state index < -0.39 is 0 Å². The average molecular weight is 547 g/mol. The van der Waals surface area contributed by atoms with Crippen LogP contribution >= 0.6 is 46.3 Å². The van der Waals surface area contributed by atoms with Crippen LogP contribution in [0.2, 0.25) is 10.0 Å². The minimum Gasteiger partial charge on any atom is -0.325 e. The lowest BCUT2D eigenvalue weighted by Gasteiger charge is -2.14. The zero-order valence-corrected chi connectivity index (χ0v) is 23.0. The number of thiophene rings is 1. The van der Waals surface area contributed by atoms with Crippen LogP contribution in [0, 0.1) is 20.8 Å². The molecule has 9 heteroatoms. The molecule has 0 saturated carbocycles. The van der Waals surface area contributed by atoms with Crippen LogP contribution < -0.4 is 10.9 Å². The second-order valence-electron chi connectivity index (χ2n) is 8.35. The largest absolute Gasteiger partial charge is 0.325 e. The molecule has 182 valence electrons. The molecular weight excluding hydrogens is 521 g/mol. The first-order chi connectivity index (χ1) is 16.7. The molecule has 0 aliphatic carbocycles. The predicted molar refractivity (Wildman–Crippen MR) is 149 cm³/mol. The van der Waals surface area contributed by atoms with Crippen LogP contribution in [-0.4, -0.2) is 21.2 Å². The molecule has 1 amide bonds. The Morgan fingerprint density at radius 1 is 1.09 bits per heavy atom. The third-order valence-corrected chi connectivity index (χ3v) is 8.72. The lowest BCUT2D eigenvalue weighted by molar-refractivity contribution is -0.113. The number of carbonyl (C=O) groups excluding carboxylic acids is 1. The van der Waals surface area contributed by atoms with Crippen LogP contribution in [0.4, 0.5) is 5.69 Å². The fraction of sp³-hybridized carbons (Fsp3) is 0.269. The first kappa shape index (κ1) is 25.8. The molecular formula is C26H25Cl2N3O2S2. The van der Waals surface area contributed by atoms with E-state index in [1.54, 1.807) is 34.1 Å². The van der Waals surface area contributed by atoms with Crippen molar-refractivity contribution >= 4 is 68.1 Å². The van der Waals surface area contributed by atoms with Crippen molar-refractivity contribution in [1.82, 2.24) is 9.55 Å². The summed E-state index contributed by atoms with van der Waals surface area (Å²) in [5, 5.41) is 4.75. The number of nitrogens with one attached hydrogen (secondary N) is 1. The van der Waals surface area contributed by atoms with Crippen LogP contribution in [0.1, 0.15) is 34.9 Å². The number of amides is 1. The van der Waals surface area contributed by atoms with Crippen molar-refractivity contribution in [2.24, 2.45) is 0 Å². The quantitative estimate of drug-likeness (QED) is 0.194. The summed E-state index contributed by atoms with van der Waals surface area (Å²) >= 11 is 14.8. The van der Waals surface area contributed by atoms with Gasteiger partial charge in [-0.05, 0) is 74.2 Å². The normalized spacial score (nSPS) is 11.3. The highest BCUT2D eigenvalue weighted by molar-refractivity contribution is 7.99. The summed E-state index contributed by atoms with van der Waals surface area (Å²) in [6.07, 6.45) is 1.90. The third-order valence-electron chi connectivity index (χ3n) is 5.79. The van der Waals surface area contributed by atoms with Crippen molar-refractivity contribution < 1.29 is 4.79 Å². The Bertz CT molecular complexity index is 1490. The Morgan fingerprint density at radius 2 is 1.86 bits per heavy atom. The molecule has 0 saturated heterocycles. The van der Waals surface area contributed by atoms with E-state index >= 15 is 0 Å². The Hall–Kier alpha value is -2.32. The van der Waals surface area contributed by atoms with Crippen molar-refractivity contribution in [2.45, 2.75) is 45.7 Å². The number of halogens is 2. The highest BCUT2D eigenvalue weighted by atomic mass is 35.5. The van der Waals surface area contributed by atoms with Gasteiger partial charge in [-0.25, -0.2) is 4.98 Å². The molecule has 4 aromatic rings. The summed E-state index contributed by atoms with van der Waals surface area (Å²) < 4.78 is 1.63. The van der Waals surface area contributed by atoms with E-state index in [2.05, 4.69) is 12.2 Å². The van der Waals surface area contributed by atoms with E-state index in [0.717, 1.165) is 35.2 Å². The van der Waals surface area contributed by atoms with Crippen LogP contribution in [-0.2, 0) is 11.2 Å². The molecule has 0 aliphatic heterocycles. The summed E-state index contributed by atoms with van der Waals surface area (Å²) in [6, 6.07) is 10.8. The Balaban J connectivity index is 1.73. The maximum atomic E-state index is 13.8. The second kappa shape index (κ2) is 10.7. The molecule has 0 atom stereocenters. The Morgan fingerprint density at radius 3 is 2.54 bits per heavy atom. The van der Waals surface area contributed by atoms with Crippen molar-refractivity contribution in [2.75, 3.05) is 11.1 Å². The molecule has 5 nitrogen and oxygen atoms in total. The number of nitrogens with zero attached hydrogens (tertiary/aromatic N) is 2. The molecule has 0 bridgehead atoms. The van der Waals surface area contributed by atoms with Gasteiger partial charge in [0.25, 0.3) is 5.56 Å². The van der Waals surface area contributed by atoms with Gasteiger partial charge >= 0.3 is 0 Å². The van der Waals surface area contributed by atoms with Crippen LogP contribution in [0.15, 0.2) is 46.3 Å². The first-order valence-corrected chi connectivity index (χ1v) is 13.8. The van der Waals surface area contributed by atoms with Gasteiger partial charge in [0, 0.05) is 10.6 Å². The summed E-state index contributed by atoms with van der Waals surface area (Å²) in [6.45, 7) is 8.17. The Kier molecular flexibility index (Phi) is 7.91. The van der Waals surface area contributed by atoms with E-state index in [9.17, 15) is 9.59 Å². The number of anilines is 1. The fourth-order valence-electron chi connectivity index (χ4n) is 3.77. The molecule has 0 fully saturated rings. The summed E-state index contributed by atoms with van der Waals surface area (Å²) in [5.41, 5.74) is 4.40. The Labute approximate surface area is 222 Å². The van der Waals surface area contributed by atoms with Gasteiger partial charge in [0.1, 0.15) is 4.83 Å². The number of fused-ring (bicyclic) bond motifs is 1. The van der Waals surface area contributed by atoms with Gasteiger partial charge in [-0.15, -0.1) is 11.3 Å². The monoisotopic (exact) mass is 545 g/mol. The molecule has 0 unspecified atom stereocenters. The number of benzene rings is 2. The maximum Gasteiger partial charge on any atom is 0.267 e. The molecule has 4 rings (SSSR count). The van der Waals surface area contributed by atoms with Gasteiger partial charge in [-0.1, -0.05) is 54.4 Å². The first-order valence-electron chi connectivity index (χ1n) is 11.2. The van der Waals surface area contributed by atoms with Gasteiger partial charge in [0.15, 0.2) is 5.16 Å². The van der Waals surface area contributed by atoms with Crippen molar-refractivity contribution in [1.29, 1.82) is 0 Å². The number of aromatic nitrogens is 2. The van der Waals surface area contributed by atoms with Crippen molar-refractivity contribution in [3.63, 3.8) is 0 Å². The number of thioether (sulfide) groups is 1. The number of carbonyl (C=O) groups is 1. The standard InChI is InChI=1S/C26H25Cl2N3O2S2/c1-5-6-21-16(4)23-24(35-21)30-26(31(25(23)33)18-9-7-14(2)15(3)11-18)34-13-22(32)29-17-8-10-19(27)20(28)12-17/h7-12H,5-6,13H2,1-4H3,(H,29,32). The maximum absolute atomic E-state index is 13.8. The number of hydrogen-bond donors (Lipinski definition) is 1. The third kappa shape index (κ3) is 5.43. The molecule has 0 spiro atoms. The molecule has 0 radical (unpaired) electrons. The topological polar surface area (TPSA) is 64.0 Å². The zero-order chi connectivity index (χ0) is 25.3. The molecule has 1 N–H and O–H groups in total. The molecule has 2 aromatic carbocycles. The summed E-state index contributed by atoms with van der Waals surface area (Å²) in [5.74, 6) is -0.154. The minimum atomic E-state index is -0.233. The zero-order valence-electron chi connectivity index (χ0n) is 19.9. The van der Waals surface area contributed by atoms with Crippen molar-refractivity contribution in [3.05, 3.63) is 78.4 Å². The van der Waals surface area contributed by atoms with E-state index in [1.165, 1.54) is 16.6 Å². The van der Waals surface area contributed by atoms with Gasteiger partial charge in [-0.3, -0.25) is 14.2 Å². The summed E-state index contributed by atoms with van der Waals surface area (Å²) in [4.78, 5) is 33.2. The fourth-order valence-corrected chi connectivity index (χ4v) is 6.20. The molecule has 2 aromatic heterocycles. The molecule has 0 aliphatic rings. The average Bonchev–Trinajstić information content (AvgIpc) is 3.12. The SMILES string of the molecule is CCCc1sc2nc(SCC(=O)Nc3ccc(Cl)c(Cl)c3)n(-c3ccc(C)c(C)c3)c(=O)c2c1C. The smallest absolute Gasteiger partial charge is 0.267 e. The molecule has 35 heavy (non-hydrogen) atoms. The predicted octanol–water partition coefficient (Wildman–Crippen LogP) is 7.36. The van der Waals surface area contributed by atoms with Gasteiger partial charge < -0.3 is 5.32 Å². The highest BCUT2D eigenvalue weighted by Gasteiger charge is 2.20. The van der Waals surface area contributed by atoms with Gasteiger partial charge in [-0.2, -0.15) is 0 Å². The van der Waals surface area contributed by atoms with E-state index in [1.807, 2.05) is 39.0 Å². The van der Waals surface area contributed by atoms with Gasteiger partial charge in [0.2, 0.25) is 5.91 Å².